The number of non-ortho nitro benzene ring substituents is 1. The predicted molar refractivity (Wildman–Crippen MR) is 61.6 cm³/mol. The van der Waals surface area contributed by atoms with Crippen LogP contribution in [0.25, 0.3) is 5.69 Å². The summed E-state index contributed by atoms with van der Waals surface area (Å²) in [5.74, 6) is 0. The second-order valence-electron chi connectivity index (χ2n) is 3.40. The molecule has 0 fully saturated rings. The molecule has 0 radical (unpaired) electrons. The topological polar surface area (TPSA) is 121 Å². The number of sulfonamides is 1. The highest BCUT2D eigenvalue weighted by Crippen LogP contribution is 2.23. The van der Waals surface area contributed by atoms with Gasteiger partial charge in [0.15, 0.2) is 0 Å². The van der Waals surface area contributed by atoms with Crippen molar-refractivity contribution in [3.8, 4) is 5.69 Å². The first-order valence-electron chi connectivity index (χ1n) is 4.71. The summed E-state index contributed by atoms with van der Waals surface area (Å²) in [7, 11) is -4.08. The highest BCUT2D eigenvalue weighted by atomic mass is 32.2. The van der Waals surface area contributed by atoms with Crippen molar-refractivity contribution in [3.63, 3.8) is 0 Å². The lowest BCUT2D eigenvalue weighted by Gasteiger charge is -2.07. The Kier molecular flexibility index (Phi) is 2.85. The highest BCUT2D eigenvalue weighted by Gasteiger charge is 2.20. The molecule has 1 heterocycles. The molecule has 2 N–H and O–H groups in total. The van der Waals surface area contributed by atoms with E-state index in [0.29, 0.717) is 0 Å². The first-order chi connectivity index (χ1) is 8.39. The first-order valence-corrected chi connectivity index (χ1v) is 6.25. The molecule has 0 saturated carbocycles. The molecular formula is C9H8N4O4S. The number of hydrogen-bond donors (Lipinski definition) is 1. The van der Waals surface area contributed by atoms with Crippen molar-refractivity contribution in [2.75, 3.05) is 0 Å². The van der Waals surface area contributed by atoms with Gasteiger partial charge in [-0.25, -0.2) is 18.2 Å². The van der Waals surface area contributed by atoms with Gasteiger partial charge >= 0.3 is 0 Å². The molecule has 0 aliphatic rings. The Hall–Kier alpha value is -2.26. The smallest absolute Gasteiger partial charge is 0.258 e. The normalized spacial score (nSPS) is 11.4. The van der Waals surface area contributed by atoms with Gasteiger partial charge in [0.1, 0.15) is 4.90 Å². The van der Waals surface area contributed by atoms with Crippen molar-refractivity contribution in [3.05, 3.63) is 46.8 Å². The molecule has 0 aliphatic heterocycles. The van der Waals surface area contributed by atoms with Crippen LogP contribution in [0.5, 0.6) is 0 Å². The zero-order valence-electron chi connectivity index (χ0n) is 8.92. The zero-order chi connectivity index (χ0) is 13.3. The Bertz CT molecular complexity index is 693. The van der Waals surface area contributed by atoms with Crippen molar-refractivity contribution < 1.29 is 13.3 Å². The Morgan fingerprint density at radius 3 is 2.61 bits per heavy atom. The molecule has 0 atom stereocenters. The number of nitro benzene ring substituents is 1. The maximum Gasteiger partial charge on any atom is 0.270 e. The van der Waals surface area contributed by atoms with Crippen molar-refractivity contribution in [1.29, 1.82) is 0 Å². The molecular weight excluding hydrogens is 260 g/mol. The summed E-state index contributed by atoms with van der Waals surface area (Å²) in [5.41, 5.74) is -0.192. The number of rotatable bonds is 3. The van der Waals surface area contributed by atoms with E-state index in [-0.39, 0.29) is 16.3 Å². The van der Waals surface area contributed by atoms with Crippen LogP contribution in [0.1, 0.15) is 0 Å². The summed E-state index contributed by atoms with van der Waals surface area (Å²) in [6.07, 6.45) is 2.96. The second kappa shape index (κ2) is 4.20. The minimum absolute atomic E-state index is 0.160. The molecule has 1 aromatic carbocycles. The minimum Gasteiger partial charge on any atom is -0.258 e. The molecule has 0 unspecified atom stereocenters. The average molecular weight is 268 g/mol. The molecule has 0 spiro atoms. The second-order valence-corrected chi connectivity index (χ2v) is 4.93. The summed E-state index contributed by atoms with van der Waals surface area (Å²) in [5, 5.41) is 19.5. The molecule has 0 amide bonds. The summed E-state index contributed by atoms with van der Waals surface area (Å²) < 4.78 is 24.1. The van der Waals surface area contributed by atoms with E-state index < -0.39 is 14.9 Å². The van der Waals surface area contributed by atoms with Crippen LogP contribution in [-0.4, -0.2) is 23.1 Å². The number of nitrogens with zero attached hydrogens (tertiary/aromatic N) is 3. The molecule has 9 heteroatoms. The Labute approximate surface area is 102 Å². The standard InChI is InChI=1S/C9H8N4O4S/c10-18(16,17)9-6-7(13(14)15)2-3-8(9)12-5-1-4-11-12/h1-6H,(H2,10,16,17). The van der Waals surface area contributed by atoms with E-state index in [1.165, 1.54) is 29.2 Å². The van der Waals surface area contributed by atoms with E-state index >= 15 is 0 Å². The average Bonchev–Trinajstić information content (AvgIpc) is 2.80. The van der Waals surface area contributed by atoms with Crippen molar-refractivity contribution >= 4 is 15.7 Å². The van der Waals surface area contributed by atoms with E-state index in [4.69, 9.17) is 5.14 Å². The predicted octanol–water partition coefficient (Wildman–Crippen LogP) is 0.428. The Morgan fingerprint density at radius 1 is 1.39 bits per heavy atom. The third-order valence-corrected chi connectivity index (χ3v) is 3.15. The van der Waals surface area contributed by atoms with Gasteiger partial charge in [-0.05, 0) is 12.1 Å². The van der Waals surface area contributed by atoms with Crippen LogP contribution in [-0.2, 0) is 10.0 Å². The van der Waals surface area contributed by atoms with Gasteiger partial charge in [0.05, 0.1) is 10.6 Å². The van der Waals surface area contributed by atoms with Gasteiger partial charge < -0.3 is 0 Å². The van der Waals surface area contributed by atoms with E-state index in [2.05, 4.69) is 5.10 Å². The fraction of sp³-hybridized carbons (Fsp3) is 0. The van der Waals surface area contributed by atoms with E-state index in [1.807, 2.05) is 0 Å². The van der Waals surface area contributed by atoms with Crippen LogP contribution in [0, 0.1) is 10.1 Å². The van der Waals surface area contributed by atoms with Gasteiger partial charge in [0.2, 0.25) is 10.0 Å². The van der Waals surface area contributed by atoms with E-state index in [1.54, 1.807) is 6.07 Å². The van der Waals surface area contributed by atoms with Crippen molar-refractivity contribution in [2.24, 2.45) is 5.14 Å². The van der Waals surface area contributed by atoms with Crippen LogP contribution in [0.3, 0.4) is 0 Å². The molecule has 1 aromatic heterocycles. The zero-order valence-corrected chi connectivity index (χ0v) is 9.74. The van der Waals surface area contributed by atoms with Gasteiger partial charge in [-0.1, -0.05) is 0 Å². The SMILES string of the molecule is NS(=O)(=O)c1cc([N+](=O)[O-])ccc1-n1cccn1. The molecule has 8 nitrogen and oxygen atoms in total. The van der Waals surface area contributed by atoms with E-state index in [0.717, 1.165) is 6.07 Å². The first kappa shape index (κ1) is 12.2. The lowest BCUT2D eigenvalue weighted by atomic mass is 10.3. The third kappa shape index (κ3) is 2.21. The molecule has 0 saturated heterocycles. The Balaban J connectivity index is 2.72. The number of aromatic nitrogens is 2. The van der Waals surface area contributed by atoms with Crippen LogP contribution in [0.4, 0.5) is 5.69 Å². The van der Waals surface area contributed by atoms with Crippen LogP contribution in [0.15, 0.2) is 41.6 Å². The summed E-state index contributed by atoms with van der Waals surface area (Å²) >= 11 is 0. The minimum atomic E-state index is -4.08. The molecule has 94 valence electrons. The van der Waals surface area contributed by atoms with Crippen molar-refractivity contribution in [2.45, 2.75) is 4.90 Å². The molecule has 18 heavy (non-hydrogen) atoms. The van der Waals surface area contributed by atoms with Crippen molar-refractivity contribution in [1.82, 2.24) is 9.78 Å². The Morgan fingerprint density at radius 2 is 2.11 bits per heavy atom. The molecule has 0 bridgehead atoms. The highest BCUT2D eigenvalue weighted by molar-refractivity contribution is 7.89. The van der Waals surface area contributed by atoms with Crippen LogP contribution in [0.2, 0.25) is 0 Å². The summed E-state index contributed by atoms with van der Waals surface area (Å²) in [6, 6.07) is 4.97. The fourth-order valence-electron chi connectivity index (χ4n) is 1.44. The molecule has 2 aromatic rings. The quantitative estimate of drug-likeness (QED) is 0.639. The number of benzene rings is 1. The lowest BCUT2D eigenvalue weighted by Crippen LogP contribution is -2.16. The van der Waals surface area contributed by atoms with Gasteiger partial charge in [0, 0.05) is 24.5 Å². The monoisotopic (exact) mass is 268 g/mol. The molecule has 0 aliphatic carbocycles. The van der Waals surface area contributed by atoms with Gasteiger partial charge in [0.25, 0.3) is 5.69 Å². The maximum absolute atomic E-state index is 11.4. The third-order valence-electron chi connectivity index (χ3n) is 2.21. The van der Waals surface area contributed by atoms with Crippen LogP contribution < -0.4 is 5.14 Å². The number of nitrogens with two attached hydrogens (primary N) is 1. The van der Waals surface area contributed by atoms with Gasteiger partial charge in [-0.3, -0.25) is 10.1 Å². The van der Waals surface area contributed by atoms with E-state index in [9.17, 15) is 18.5 Å². The largest absolute Gasteiger partial charge is 0.270 e. The number of primary sulfonamides is 1. The summed E-state index contributed by atoms with van der Waals surface area (Å²) in [4.78, 5) is 9.59. The molecule has 2 rings (SSSR count). The maximum atomic E-state index is 11.4. The summed E-state index contributed by atoms with van der Waals surface area (Å²) in [6.45, 7) is 0. The van der Waals surface area contributed by atoms with Gasteiger partial charge in [-0.2, -0.15) is 5.10 Å². The number of nitro groups is 1. The lowest BCUT2D eigenvalue weighted by molar-refractivity contribution is -0.385. The number of hydrogen-bond acceptors (Lipinski definition) is 5. The van der Waals surface area contributed by atoms with Crippen LogP contribution >= 0.6 is 0 Å². The van der Waals surface area contributed by atoms with Gasteiger partial charge in [-0.15, -0.1) is 0 Å². The fourth-order valence-corrected chi connectivity index (χ4v) is 2.18.